The number of fused-ring (bicyclic) bond motifs is 3. The summed E-state index contributed by atoms with van der Waals surface area (Å²) in [5.41, 5.74) is 2.23. The molecular formula is C31H22FN3O4. The summed E-state index contributed by atoms with van der Waals surface area (Å²) in [6.45, 7) is 0. The Kier molecular flexibility index (Phi) is 6.13. The maximum Gasteiger partial charge on any atom is 0.257 e. The van der Waals surface area contributed by atoms with E-state index in [1.807, 2.05) is 24.3 Å². The molecule has 6 aromatic rings. The highest BCUT2D eigenvalue weighted by molar-refractivity contribution is 6.12. The highest BCUT2D eigenvalue weighted by Crippen LogP contribution is 2.38. The molecule has 8 heteroatoms. The molecule has 1 amide bonds. The van der Waals surface area contributed by atoms with E-state index in [9.17, 15) is 4.79 Å². The lowest BCUT2D eigenvalue weighted by molar-refractivity contribution is 0.102. The van der Waals surface area contributed by atoms with Gasteiger partial charge in [-0.1, -0.05) is 24.3 Å². The van der Waals surface area contributed by atoms with Gasteiger partial charge in [-0.2, -0.15) is 0 Å². The lowest BCUT2D eigenvalue weighted by atomic mass is 10.1. The smallest absolute Gasteiger partial charge is 0.257 e. The number of benzene rings is 4. The first kappa shape index (κ1) is 24.1. The van der Waals surface area contributed by atoms with Crippen LogP contribution in [0, 0.1) is 5.82 Å². The number of pyridine rings is 2. The molecular weight excluding hydrogens is 497 g/mol. The number of methoxy groups -OCH3 is 2. The van der Waals surface area contributed by atoms with Crippen molar-refractivity contribution in [2.75, 3.05) is 19.5 Å². The van der Waals surface area contributed by atoms with E-state index in [1.165, 1.54) is 0 Å². The van der Waals surface area contributed by atoms with Gasteiger partial charge in [-0.05, 0) is 53.9 Å². The third kappa shape index (κ3) is 4.42. The molecule has 6 rings (SSSR count). The van der Waals surface area contributed by atoms with Gasteiger partial charge in [0.05, 0.1) is 30.8 Å². The topological polar surface area (TPSA) is 82.6 Å². The molecule has 2 heterocycles. The number of hydrogen-bond acceptors (Lipinski definition) is 6. The Morgan fingerprint density at radius 2 is 1.56 bits per heavy atom. The average Bonchev–Trinajstić information content (AvgIpc) is 2.97. The second-order valence-corrected chi connectivity index (χ2v) is 8.78. The number of anilines is 1. The van der Waals surface area contributed by atoms with E-state index in [2.05, 4.69) is 15.3 Å². The van der Waals surface area contributed by atoms with Gasteiger partial charge in [-0.15, -0.1) is 0 Å². The minimum Gasteiger partial charge on any atom is -0.493 e. The normalized spacial score (nSPS) is 11.1. The van der Waals surface area contributed by atoms with Crippen LogP contribution in [0.3, 0.4) is 0 Å². The zero-order valence-electron chi connectivity index (χ0n) is 21.1. The molecule has 0 saturated heterocycles. The van der Waals surface area contributed by atoms with Crippen molar-refractivity contribution in [1.82, 2.24) is 9.97 Å². The summed E-state index contributed by atoms with van der Waals surface area (Å²) in [4.78, 5) is 21.7. The van der Waals surface area contributed by atoms with Crippen molar-refractivity contribution in [2.24, 2.45) is 0 Å². The van der Waals surface area contributed by atoms with Gasteiger partial charge in [0.1, 0.15) is 5.75 Å². The molecule has 0 fully saturated rings. The molecule has 192 valence electrons. The van der Waals surface area contributed by atoms with E-state index in [1.54, 1.807) is 81.2 Å². The van der Waals surface area contributed by atoms with Crippen LogP contribution in [0.1, 0.15) is 10.4 Å². The SMILES string of the molecule is COc1cc2nccc(Oc3ccc4cc(NC(=O)c5cccc6cccnc56)ccc4c3F)c2cc1OC. The summed E-state index contributed by atoms with van der Waals surface area (Å²) in [7, 11) is 3.09. The van der Waals surface area contributed by atoms with Gasteiger partial charge in [0, 0.05) is 40.3 Å². The molecule has 0 bridgehead atoms. The molecule has 0 unspecified atom stereocenters. The highest BCUT2D eigenvalue weighted by atomic mass is 19.1. The average molecular weight is 520 g/mol. The monoisotopic (exact) mass is 519 g/mol. The summed E-state index contributed by atoms with van der Waals surface area (Å²) in [6, 6.07) is 22.6. The number of nitrogens with zero attached hydrogens (tertiary/aromatic N) is 2. The molecule has 0 radical (unpaired) electrons. The van der Waals surface area contributed by atoms with Crippen LogP contribution in [-0.4, -0.2) is 30.1 Å². The predicted octanol–water partition coefficient (Wildman–Crippen LogP) is 7.14. The summed E-state index contributed by atoms with van der Waals surface area (Å²) < 4.78 is 32.3. The first-order valence-electron chi connectivity index (χ1n) is 12.1. The first-order valence-corrected chi connectivity index (χ1v) is 12.1. The standard InChI is InChI=1S/C31H22FN3O4/c1-37-27-16-23-24(17-28(27)38-2)33-14-12-25(23)39-26-11-8-19-15-20(9-10-21(19)29(26)32)35-31(36)22-7-3-5-18-6-4-13-34-30(18)22/h3-17H,1-2H3,(H,35,36). The number of hydrogen-bond donors (Lipinski definition) is 1. The molecule has 0 aliphatic heterocycles. The predicted molar refractivity (Wildman–Crippen MR) is 149 cm³/mol. The van der Waals surface area contributed by atoms with Crippen molar-refractivity contribution >= 4 is 44.2 Å². The Labute approximate surface area is 222 Å². The van der Waals surface area contributed by atoms with Gasteiger partial charge >= 0.3 is 0 Å². The van der Waals surface area contributed by atoms with Crippen LogP contribution in [0.15, 0.2) is 91.3 Å². The Bertz CT molecular complexity index is 1890. The number of aromatic nitrogens is 2. The number of halogens is 1. The maximum absolute atomic E-state index is 15.6. The molecule has 0 saturated carbocycles. The number of nitrogens with one attached hydrogen (secondary N) is 1. The van der Waals surface area contributed by atoms with Crippen LogP contribution in [0.4, 0.5) is 10.1 Å². The molecule has 0 spiro atoms. The quantitative estimate of drug-likeness (QED) is 0.252. The fourth-order valence-corrected chi connectivity index (χ4v) is 4.57. The van der Waals surface area contributed by atoms with Crippen LogP contribution < -0.4 is 19.5 Å². The van der Waals surface area contributed by atoms with Crippen molar-refractivity contribution in [3.05, 3.63) is 103 Å². The van der Waals surface area contributed by atoms with Crippen molar-refractivity contribution in [2.45, 2.75) is 0 Å². The van der Waals surface area contributed by atoms with Gasteiger partial charge in [0.2, 0.25) is 0 Å². The Hall–Kier alpha value is -5.24. The van der Waals surface area contributed by atoms with E-state index in [-0.39, 0.29) is 11.7 Å². The lowest BCUT2D eigenvalue weighted by Crippen LogP contribution is -2.12. The third-order valence-electron chi connectivity index (χ3n) is 6.48. The van der Waals surface area contributed by atoms with Crippen LogP contribution >= 0.6 is 0 Å². The number of carbonyl (C=O) groups excluding carboxylic acids is 1. The summed E-state index contributed by atoms with van der Waals surface area (Å²) >= 11 is 0. The van der Waals surface area contributed by atoms with Crippen LogP contribution in [0.5, 0.6) is 23.0 Å². The van der Waals surface area contributed by atoms with E-state index >= 15 is 4.39 Å². The van der Waals surface area contributed by atoms with Crippen molar-refractivity contribution in [1.29, 1.82) is 0 Å². The molecule has 1 N–H and O–H groups in total. The van der Waals surface area contributed by atoms with Crippen LogP contribution in [0.2, 0.25) is 0 Å². The van der Waals surface area contributed by atoms with Crippen molar-refractivity contribution < 1.29 is 23.4 Å². The number of ether oxygens (including phenoxy) is 3. The van der Waals surface area contributed by atoms with E-state index < -0.39 is 5.82 Å². The van der Waals surface area contributed by atoms with Gasteiger partial charge < -0.3 is 19.5 Å². The number of para-hydroxylation sites is 1. The fraction of sp³-hybridized carbons (Fsp3) is 0.0645. The summed E-state index contributed by atoms with van der Waals surface area (Å²) in [5.74, 6) is 0.710. The number of carbonyl (C=O) groups is 1. The Morgan fingerprint density at radius 3 is 2.41 bits per heavy atom. The highest BCUT2D eigenvalue weighted by Gasteiger charge is 2.16. The molecule has 39 heavy (non-hydrogen) atoms. The van der Waals surface area contributed by atoms with Gasteiger partial charge in [-0.3, -0.25) is 14.8 Å². The zero-order valence-corrected chi connectivity index (χ0v) is 21.1. The molecule has 4 aromatic carbocycles. The van der Waals surface area contributed by atoms with E-state index in [0.29, 0.717) is 55.7 Å². The summed E-state index contributed by atoms with van der Waals surface area (Å²) in [6.07, 6.45) is 3.24. The number of rotatable bonds is 6. The second-order valence-electron chi connectivity index (χ2n) is 8.78. The van der Waals surface area contributed by atoms with Gasteiger partial charge in [0.15, 0.2) is 23.1 Å². The third-order valence-corrected chi connectivity index (χ3v) is 6.48. The van der Waals surface area contributed by atoms with Crippen molar-refractivity contribution in [3.8, 4) is 23.0 Å². The van der Waals surface area contributed by atoms with Crippen molar-refractivity contribution in [3.63, 3.8) is 0 Å². The fourth-order valence-electron chi connectivity index (χ4n) is 4.57. The zero-order chi connectivity index (χ0) is 26.9. The minimum atomic E-state index is -0.519. The molecule has 0 aliphatic carbocycles. The van der Waals surface area contributed by atoms with Crippen LogP contribution in [-0.2, 0) is 0 Å². The lowest BCUT2D eigenvalue weighted by Gasteiger charge is -2.14. The minimum absolute atomic E-state index is 0.0587. The van der Waals surface area contributed by atoms with Crippen LogP contribution in [0.25, 0.3) is 32.6 Å². The van der Waals surface area contributed by atoms with E-state index in [0.717, 1.165) is 5.39 Å². The Balaban J connectivity index is 1.30. The van der Waals surface area contributed by atoms with Gasteiger partial charge in [-0.25, -0.2) is 4.39 Å². The maximum atomic E-state index is 15.6. The molecule has 0 aliphatic rings. The Morgan fingerprint density at radius 1 is 0.744 bits per heavy atom. The second kappa shape index (κ2) is 9.90. The molecule has 0 atom stereocenters. The molecule has 2 aromatic heterocycles. The first-order chi connectivity index (χ1) is 19.1. The van der Waals surface area contributed by atoms with E-state index in [4.69, 9.17) is 14.2 Å². The number of amides is 1. The summed E-state index contributed by atoms with van der Waals surface area (Å²) in [5, 5.41) is 5.38. The molecule has 7 nitrogen and oxygen atoms in total. The van der Waals surface area contributed by atoms with Gasteiger partial charge in [0.25, 0.3) is 5.91 Å². The largest absolute Gasteiger partial charge is 0.493 e.